The third-order valence-corrected chi connectivity index (χ3v) is 8.00. The number of carbonyl (C=O) groups is 2. The van der Waals surface area contributed by atoms with E-state index in [4.69, 9.17) is 16.3 Å². The number of amides is 2. The molecule has 0 aromatic heterocycles. The Balaban J connectivity index is 1.92. The van der Waals surface area contributed by atoms with Gasteiger partial charge in [0.05, 0.1) is 19.1 Å². The largest absolute Gasteiger partial charge is 0.495 e. The highest BCUT2D eigenvalue weighted by Gasteiger charge is 2.32. The van der Waals surface area contributed by atoms with E-state index in [0.29, 0.717) is 10.8 Å². The maximum absolute atomic E-state index is 13.8. The predicted octanol–water partition coefficient (Wildman–Crippen LogP) is 4.29. The lowest BCUT2D eigenvalue weighted by molar-refractivity contribution is -0.139. The molecule has 1 aliphatic carbocycles. The number of aryl methyl sites for hydroxylation is 1. The monoisotopic (exact) mass is 549 g/mol. The lowest BCUT2D eigenvalue weighted by Crippen LogP contribution is -2.53. The summed E-state index contributed by atoms with van der Waals surface area (Å²) in [6, 6.07) is 11.4. The van der Waals surface area contributed by atoms with Crippen LogP contribution >= 0.6 is 11.6 Å². The molecule has 3 rings (SSSR count). The fourth-order valence-corrected chi connectivity index (χ4v) is 5.63. The summed E-state index contributed by atoms with van der Waals surface area (Å²) in [6.45, 7) is 3.11. The maximum atomic E-state index is 13.8. The van der Waals surface area contributed by atoms with Crippen LogP contribution in [-0.2, 0) is 26.2 Å². The molecule has 0 radical (unpaired) electrons. The second-order valence-electron chi connectivity index (χ2n) is 9.62. The average molecular weight is 550 g/mol. The van der Waals surface area contributed by atoms with Gasteiger partial charge in [0, 0.05) is 17.6 Å². The van der Waals surface area contributed by atoms with E-state index in [1.807, 2.05) is 13.0 Å². The van der Waals surface area contributed by atoms with Crippen LogP contribution in [0.1, 0.15) is 50.2 Å². The van der Waals surface area contributed by atoms with E-state index in [-0.39, 0.29) is 24.2 Å². The van der Waals surface area contributed by atoms with Crippen LogP contribution < -0.4 is 14.4 Å². The third kappa shape index (κ3) is 7.85. The highest BCUT2D eigenvalue weighted by atomic mass is 35.5. The van der Waals surface area contributed by atoms with Crippen molar-refractivity contribution in [1.29, 1.82) is 0 Å². The molecule has 10 heteroatoms. The van der Waals surface area contributed by atoms with Crippen molar-refractivity contribution < 1.29 is 22.7 Å². The molecule has 8 nitrogen and oxygen atoms in total. The van der Waals surface area contributed by atoms with E-state index in [9.17, 15) is 18.0 Å². The van der Waals surface area contributed by atoms with Gasteiger partial charge in [-0.3, -0.25) is 13.9 Å². The molecule has 37 heavy (non-hydrogen) atoms. The predicted molar refractivity (Wildman–Crippen MR) is 146 cm³/mol. The summed E-state index contributed by atoms with van der Waals surface area (Å²) < 4.78 is 32.1. The van der Waals surface area contributed by atoms with E-state index < -0.39 is 28.5 Å². The maximum Gasteiger partial charge on any atom is 0.244 e. The molecule has 0 saturated heterocycles. The van der Waals surface area contributed by atoms with Gasteiger partial charge in [0.2, 0.25) is 21.8 Å². The summed E-state index contributed by atoms with van der Waals surface area (Å²) in [5.74, 6) is -0.449. The zero-order valence-electron chi connectivity index (χ0n) is 21.9. The van der Waals surface area contributed by atoms with Crippen LogP contribution in [0.15, 0.2) is 42.5 Å². The molecule has 2 aromatic carbocycles. The number of sulfonamides is 1. The number of anilines is 1. The number of hydrogen-bond acceptors (Lipinski definition) is 5. The first kappa shape index (κ1) is 28.8. The Morgan fingerprint density at radius 2 is 1.84 bits per heavy atom. The van der Waals surface area contributed by atoms with Gasteiger partial charge in [0.15, 0.2) is 0 Å². The lowest BCUT2D eigenvalue weighted by atomic mass is 9.95. The Morgan fingerprint density at radius 1 is 1.14 bits per heavy atom. The normalized spacial score (nSPS) is 15.1. The van der Waals surface area contributed by atoms with Crippen LogP contribution in [0.25, 0.3) is 0 Å². The number of rotatable bonds is 10. The van der Waals surface area contributed by atoms with Crippen molar-refractivity contribution in [3.8, 4) is 5.75 Å². The van der Waals surface area contributed by atoms with E-state index in [2.05, 4.69) is 5.32 Å². The number of benzene rings is 2. The molecule has 0 heterocycles. The van der Waals surface area contributed by atoms with Gasteiger partial charge >= 0.3 is 0 Å². The molecule has 1 N–H and O–H groups in total. The van der Waals surface area contributed by atoms with Gasteiger partial charge in [-0.2, -0.15) is 0 Å². The number of nitrogens with one attached hydrogen (secondary N) is 1. The van der Waals surface area contributed by atoms with Gasteiger partial charge < -0.3 is 15.0 Å². The minimum absolute atomic E-state index is 0.0795. The van der Waals surface area contributed by atoms with Crippen molar-refractivity contribution in [1.82, 2.24) is 10.2 Å². The Hall–Kier alpha value is -2.78. The van der Waals surface area contributed by atoms with Crippen LogP contribution in [0.2, 0.25) is 5.02 Å². The number of hydrogen-bond donors (Lipinski definition) is 1. The summed E-state index contributed by atoms with van der Waals surface area (Å²) in [7, 11) is -2.42. The molecular formula is C27H36ClN3O5S. The Labute approximate surface area is 225 Å². The van der Waals surface area contributed by atoms with Crippen molar-refractivity contribution in [3.05, 3.63) is 58.6 Å². The van der Waals surface area contributed by atoms with Crippen LogP contribution in [0, 0.1) is 6.92 Å². The number of methoxy groups -OCH3 is 1. The summed E-state index contributed by atoms with van der Waals surface area (Å²) in [5, 5.41) is 3.59. The van der Waals surface area contributed by atoms with Gasteiger partial charge in [-0.05, 0) is 62.1 Å². The van der Waals surface area contributed by atoms with Gasteiger partial charge in [0.1, 0.15) is 18.3 Å². The molecular weight excluding hydrogens is 514 g/mol. The summed E-state index contributed by atoms with van der Waals surface area (Å²) in [5.41, 5.74) is 1.81. The van der Waals surface area contributed by atoms with Crippen LogP contribution in [0.3, 0.4) is 0 Å². The molecule has 202 valence electrons. The van der Waals surface area contributed by atoms with E-state index >= 15 is 0 Å². The Bertz CT molecular complexity index is 1210. The topological polar surface area (TPSA) is 96.0 Å². The molecule has 1 saturated carbocycles. The summed E-state index contributed by atoms with van der Waals surface area (Å²) in [4.78, 5) is 28.4. The van der Waals surface area contributed by atoms with E-state index in [0.717, 1.165) is 53.8 Å². The molecule has 1 fully saturated rings. The minimum Gasteiger partial charge on any atom is -0.495 e. The van der Waals surface area contributed by atoms with Crippen molar-refractivity contribution in [3.63, 3.8) is 0 Å². The number of nitrogens with zero attached hydrogens (tertiary/aromatic N) is 2. The quantitative estimate of drug-likeness (QED) is 0.477. The Morgan fingerprint density at radius 3 is 2.46 bits per heavy atom. The molecule has 0 bridgehead atoms. The first-order valence-electron chi connectivity index (χ1n) is 12.5. The molecule has 0 aliphatic heterocycles. The smallest absolute Gasteiger partial charge is 0.244 e. The van der Waals surface area contributed by atoms with E-state index in [1.54, 1.807) is 43.3 Å². The molecule has 1 aliphatic rings. The molecule has 0 unspecified atom stereocenters. The standard InChI is InChI=1S/C27H36ClN3O5S/c1-19-13-14-25(36-3)24(15-19)31(37(4,34)35)18-26(32)30(17-21-9-8-10-22(28)16-21)20(2)27(33)29-23-11-6-5-7-12-23/h8-10,13-16,20,23H,5-7,11-12,17-18H2,1-4H3,(H,29,33)/t20-/m0/s1. The third-order valence-electron chi connectivity index (χ3n) is 6.64. The molecule has 2 amide bonds. The van der Waals surface area contributed by atoms with Gasteiger partial charge in [-0.15, -0.1) is 0 Å². The first-order chi connectivity index (χ1) is 17.5. The summed E-state index contributed by atoms with van der Waals surface area (Å²) in [6.07, 6.45) is 6.15. The first-order valence-corrected chi connectivity index (χ1v) is 14.7. The zero-order valence-corrected chi connectivity index (χ0v) is 23.4. The second kappa shape index (κ2) is 12.6. The Kier molecular flexibility index (Phi) is 9.84. The van der Waals surface area contributed by atoms with Crippen LogP contribution in [0.4, 0.5) is 5.69 Å². The summed E-state index contributed by atoms with van der Waals surface area (Å²) >= 11 is 6.17. The zero-order chi connectivity index (χ0) is 27.2. The second-order valence-corrected chi connectivity index (χ2v) is 12.0. The molecule has 0 spiro atoms. The number of ether oxygens (including phenoxy) is 1. The van der Waals surface area contributed by atoms with Crippen molar-refractivity contribution in [2.75, 3.05) is 24.2 Å². The van der Waals surface area contributed by atoms with Crippen molar-refractivity contribution in [2.45, 2.75) is 64.6 Å². The van der Waals surface area contributed by atoms with E-state index in [1.165, 1.54) is 12.0 Å². The molecule has 2 aromatic rings. The van der Waals surface area contributed by atoms with Crippen molar-refractivity contribution >= 4 is 39.1 Å². The fraction of sp³-hybridized carbons (Fsp3) is 0.481. The average Bonchev–Trinajstić information content (AvgIpc) is 2.85. The minimum atomic E-state index is -3.86. The fourth-order valence-electron chi connectivity index (χ4n) is 4.57. The number of halogens is 1. The van der Waals surface area contributed by atoms with Crippen molar-refractivity contribution in [2.24, 2.45) is 0 Å². The highest BCUT2D eigenvalue weighted by molar-refractivity contribution is 7.92. The van der Waals surface area contributed by atoms with Gasteiger partial charge in [-0.1, -0.05) is 49.1 Å². The van der Waals surface area contributed by atoms with Gasteiger partial charge in [0.25, 0.3) is 0 Å². The molecule has 1 atom stereocenters. The number of carbonyl (C=O) groups excluding carboxylic acids is 2. The van der Waals surface area contributed by atoms with Crippen LogP contribution in [-0.4, -0.2) is 57.1 Å². The van der Waals surface area contributed by atoms with Gasteiger partial charge in [-0.25, -0.2) is 8.42 Å². The highest BCUT2D eigenvalue weighted by Crippen LogP contribution is 2.31. The van der Waals surface area contributed by atoms with Crippen LogP contribution in [0.5, 0.6) is 5.75 Å². The lowest BCUT2D eigenvalue weighted by Gasteiger charge is -2.33. The SMILES string of the molecule is COc1ccc(C)cc1N(CC(=O)N(Cc1cccc(Cl)c1)[C@@H](C)C(=O)NC1CCCCC1)S(C)(=O)=O.